The smallest absolute Gasteiger partial charge is 0.0924 e. The minimum atomic E-state index is 0.821. The van der Waals surface area contributed by atoms with Gasteiger partial charge < -0.3 is 0 Å². The Hall–Kier alpha value is -2.53. The molecule has 22 heavy (non-hydrogen) atoms. The van der Waals surface area contributed by atoms with E-state index in [0.717, 1.165) is 32.5 Å². The van der Waals surface area contributed by atoms with Crippen molar-refractivity contribution in [3.05, 3.63) is 71.6 Å². The van der Waals surface area contributed by atoms with Crippen LogP contribution in [-0.2, 0) is 0 Å². The summed E-state index contributed by atoms with van der Waals surface area (Å²) in [5, 5.41) is 4.41. The van der Waals surface area contributed by atoms with Gasteiger partial charge in [-0.05, 0) is 36.4 Å². The molecule has 0 spiro atoms. The molecule has 2 aromatic carbocycles. The van der Waals surface area contributed by atoms with Crippen LogP contribution in [0.4, 0.5) is 0 Å². The fourth-order valence-corrected chi connectivity index (χ4v) is 2.55. The molecule has 0 radical (unpaired) electrons. The Kier molecular flexibility index (Phi) is 3.20. The molecule has 4 rings (SSSR count). The minimum Gasteiger partial charge on any atom is -0.252 e. The van der Waals surface area contributed by atoms with Gasteiger partial charge in [0, 0.05) is 16.2 Å². The molecule has 0 amide bonds. The van der Waals surface area contributed by atoms with E-state index in [0.29, 0.717) is 0 Å². The van der Waals surface area contributed by atoms with E-state index in [-0.39, 0.29) is 0 Å². The second kappa shape index (κ2) is 5.35. The highest BCUT2D eigenvalue weighted by molar-refractivity contribution is 9.10. The molecule has 4 aromatic rings. The number of aromatic nitrogens is 4. The van der Waals surface area contributed by atoms with Crippen molar-refractivity contribution in [3.63, 3.8) is 0 Å². The molecule has 5 heteroatoms. The average Bonchev–Trinajstić information content (AvgIpc) is 3.05. The molecule has 4 nitrogen and oxygen atoms in total. The lowest BCUT2D eigenvalue weighted by atomic mass is 10.2. The molecule has 0 aliphatic heterocycles. The van der Waals surface area contributed by atoms with Gasteiger partial charge in [-0.15, -0.1) is 0 Å². The Morgan fingerprint density at radius 1 is 0.864 bits per heavy atom. The molecule has 0 bridgehead atoms. The number of rotatable bonds is 2. The number of hydrogen-bond donors (Lipinski definition) is 0. The number of halogens is 1. The van der Waals surface area contributed by atoms with Crippen LogP contribution in [0.25, 0.3) is 28.0 Å². The summed E-state index contributed by atoms with van der Waals surface area (Å²) >= 11 is 3.43. The largest absolute Gasteiger partial charge is 0.252 e. The zero-order valence-corrected chi connectivity index (χ0v) is 13.1. The number of para-hydroxylation sites is 2. The summed E-state index contributed by atoms with van der Waals surface area (Å²) in [6, 6.07) is 15.8. The lowest BCUT2D eigenvalue weighted by Gasteiger charge is -2.01. The molecule has 0 aliphatic rings. The molecule has 2 heterocycles. The number of benzene rings is 2. The van der Waals surface area contributed by atoms with E-state index in [1.165, 1.54) is 0 Å². The van der Waals surface area contributed by atoms with Crippen LogP contribution < -0.4 is 0 Å². The van der Waals surface area contributed by atoms with Gasteiger partial charge in [-0.2, -0.15) is 5.10 Å². The van der Waals surface area contributed by atoms with Crippen LogP contribution in [0.2, 0.25) is 0 Å². The van der Waals surface area contributed by atoms with Crippen LogP contribution in [0.5, 0.6) is 0 Å². The summed E-state index contributed by atoms with van der Waals surface area (Å²) in [5.41, 5.74) is 4.55. The van der Waals surface area contributed by atoms with E-state index in [4.69, 9.17) is 0 Å². The highest BCUT2D eigenvalue weighted by Gasteiger charge is 2.06. The molecule has 0 fully saturated rings. The van der Waals surface area contributed by atoms with E-state index >= 15 is 0 Å². The Morgan fingerprint density at radius 2 is 1.64 bits per heavy atom. The van der Waals surface area contributed by atoms with Crippen molar-refractivity contribution >= 4 is 27.0 Å². The second-order valence-electron chi connectivity index (χ2n) is 4.89. The average molecular weight is 351 g/mol. The lowest BCUT2D eigenvalue weighted by molar-refractivity contribution is 0.880. The van der Waals surface area contributed by atoms with E-state index < -0.39 is 0 Å². The van der Waals surface area contributed by atoms with Crippen molar-refractivity contribution in [1.82, 2.24) is 19.7 Å². The van der Waals surface area contributed by atoms with Crippen LogP contribution in [0, 0.1) is 0 Å². The monoisotopic (exact) mass is 350 g/mol. The van der Waals surface area contributed by atoms with Crippen molar-refractivity contribution < 1.29 is 0 Å². The summed E-state index contributed by atoms with van der Waals surface area (Å²) in [7, 11) is 0. The quantitative estimate of drug-likeness (QED) is 0.542. The first kappa shape index (κ1) is 13.2. The zero-order valence-electron chi connectivity index (χ0n) is 11.5. The van der Waals surface area contributed by atoms with Crippen molar-refractivity contribution in [2.45, 2.75) is 0 Å². The van der Waals surface area contributed by atoms with E-state index in [1.807, 2.05) is 59.4 Å². The van der Waals surface area contributed by atoms with E-state index in [2.05, 4.69) is 31.0 Å². The first-order chi connectivity index (χ1) is 10.8. The Labute approximate surface area is 135 Å². The maximum Gasteiger partial charge on any atom is 0.0924 e. The number of fused-ring (bicyclic) bond motifs is 1. The van der Waals surface area contributed by atoms with Crippen LogP contribution in [0.15, 0.2) is 71.6 Å². The maximum atomic E-state index is 4.64. The minimum absolute atomic E-state index is 0.821. The third-order valence-electron chi connectivity index (χ3n) is 3.42. The summed E-state index contributed by atoms with van der Waals surface area (Å²) in [5.74, 6) is 0. The van der Waals surface area contributed by atoms with Crippen molar-refractivity contribution in [3.8, 4) is 16.9 Å². The summed E-state index contributed by atoms with van der Waals surface area (Å²) in [6.07, 6.45) is 5.55. The fourth-order valence-electron chi connectivity index (χ4n) is 2.29. The zero-order chi connectivity index (χ0) is 14.9. The van der Waals surface area contributed by atoms with Crippen LogP contribution >= 0.6 is 15.9 Å². The van der Waals surface area contributed by atoms with Gasteiger partial charge in [-0.3, -0.25) is 4.98 Å². The molecular formula is C17H11BrN4. The number of hydrogen-bond acceptors (Lipinski definition) is 3. The Bertz CT molecular complexity index is 944. The SMILES string of the molecule is Brc1ccc(-n2cc(-c3cnc4ccccc4n3)cn2)cc1. The predicted octanol–water partition coefficient (Wildman–Crippen LogP) is 4.25. The Morgan fingerprint density at radius 3 is 2.45 bits per heavy atom. The van der Waals surface area contributed by atoms with Crippen molar-refractivity contribution in [2.24, 2.45) is 0 Å². The van der Waals surface area contributed by atoms with Gasteiger partial charge in [0.05, 0.1) is 34.8 Å². The number of nitrogens with zero attached hydrogens (tertiary/aromatic N) is 4. The summed E-state index contributed by atoms with van der Waals surface area (Å²) in [4.78, 5) is 9.09. The third-order valence-corrected chi connectivity index (χ3v) is 3.95. The molecule has 0 N–H and O–H groups in total. The molecule has 106 valence electrons. The van der Waals surface area contributed by atoms with Crippen molar-refractivity contribution in [2.75, 3.05) is 0 Å². The first-order valence-corrected chi connectivity index (χ1v) is 7.62. The van der Waals surface area contributed by atoms with Gasteiger partial charge in [0.15, 0.2) is 0 Å². The van der Waals surface area contributed by atoms with Crippen LogP contribution in [0.3, 0.4) is 0 Å². The van der Waals surface area contributed by atoms with Crippen LogP contribution in [-0.4, -0.2) is 19.7 Å². The van der Waals surface area contributed by atoms with Gasteiger partial charge in [0.2, 0.25) is 0 Å². The Balaban J connectivity index is 1.74. The molecule has 0 unspecified atom stereocenters. The van der Waals surface area contributed by atoms with E-state index in [1.54, 1.807) is 12.4 Å². The van der Waals surface area contributed by atoms with Gasteiger partial charge in [-0.25, -0.2) is 9.67 Å². The van der Waals surface area contributed by atoms with E-state index in [9.17, 15) is 0 Å². The molecule has 0 saturated heterocycles. The first-order valence-electron chi connectivity index (χ1n) is 6.82. The fraction of sp³-hybridized carbons (Fsp3) is 0. The lowest BCUT2D eigenvalue weighted by Crippen LogP contribution is -1.93. The van der Waals surface area contributed by atoms with Crippen molar-refractivity contribution in [1.29, 1.82) is 0 Å². The summed E-state index contributed by atoms with van der Waals surface area (Å²) in [6.45, 7) is 0. The van der Waals surface area contributed by atoms with Gasteiger partial charge >= 0.3 is 0 Å². The van der Waals surface area contributed by atoms with Gasteiger partial charge in [-0.1, -0.05) is 28.1 Å². The molecular weight excluding hydrogens is 340 g/mol. The summed E-state index contributed by atoms with van der Waals surface area (Å²) < 4.78 is 2.88. The van der Waals surface area contributed by atoms with Gasteiger partial charge in [0.1, 0.15) is 0 Å². The normalized spacial score (nSPS) is 11.0. The topological polar surface area (TPSA) is 43.6 Å². The molecule has 0 atom stereocenters. The van der Waals surface area contributed by atoms with Gasteiger partial charge in [0.25, 0.3) is 0 Å². The molecule has 0 aliphatic carbocycles. The standard InChI is InChI=1S/C17H11BrN4/c18-13-5-7-14(8-6-13)22-11-12(9-20-22)17-10-19-15-3-1-2-4-16(15)21-17/h1-11H. The predicted molar refractivity (Wildman–Crippen MR) is 89.8 cm³/mol. The maximum absolute atomic E-state index is 4.64. The molecule has 0 saturated carbocycles. The highest BCUT2D eigenvalue weighted by Crippen LogP contribution is 2.20. The second-order valence-corrected chi connectivity index (χ2v) is 5.81. The highest BCUT2D eigenvalue weighted by atomic mass is 79.9. The molecule has 2 aromatic heterocycles. The van der Waals surface area contributed by atoms with Crippen LogP contribution in [0.1, 0.15) is 0 Å². The third kappa shape index (κ3) is 2.40.